The molecule has 0 aliphatic carbocycles. The number of ether oxygens (including phenoxy) is 1. The first-order valence-electron chi connectivity index (χ1n) is 5.61. The number of hydrogen-bond acceptors (Lipinski definition) is 4. The maximum absolute atomic E-state index is 12.2. The van der Waals surface area contributed by atoms with Gasteiger partial charge >= 0.3 is 0 Å². The Bertz CT molecular complexity index is 487. The number of nitrogen functional groups attached to an aromatic ring is 1. The lowest BCUT2D eigenvalue weighted by Crippen LogP contribution is -2.50. The van der Waals surface area contributed by atoms with Crippen molar-refractivity contribution in [2.45, 2.75) is 0 Å². The van der Waals surface area contributed by atoms with Gasteiger partial charge in [0.2, 0.25) is 5.91 Å². The minimum Gasteiger partial charge on any atom is -0.497 e. The van der Waals surface area contributed by atoms with Gasteiger partial charge in [-0.05, 0) is 18.2 Å². The number of nitrogens with two attached hydrogens (primary N) is 1. The van der Waals surface area contributed by atoms with E-state index in [2.05, 4.69) is 5.32 Å². The highest BCUT2D eigenvalue weighted by Crippen LogP contribution is 2.21. The molecule has 1 heterocycles. The lowest BCUT2D eigenvalue weighted by atomic mass is 10.1. The van der Waals surface area contributed by atoms with Crippen LogP contribution in [0.4, 0.5) is 5.69 Å². The summed E-state index contributed by atoms with van der Waals surface area (Å²) < 4.78 is 5.06. The van der Waals surface area contributed by atoms with Crippen molar-refractivity contribution in [3.8, 4) is 5.75 Å². The van der Waals surface area contributed by atoms with Gasteiger partial charge in [0.05, 0.1) is 19.2 Å². The fourth-order valence-corrected chi connectivity index (χ4v) is 1.83. The van der Waals surface area contributed by atoms with Gasteiger partial charge in [0.15, 0.2) is 0 Å². The van der Waals surface area contributed by atoms with Crippen molar-refractivity contribution in [1.82, 2.24) is 10.2 Å². The average Bonchev–Trinajstić information content (AvgIpc) is 2.38. The summed E-state index contributed by atoms with van der Waals surface area (Å²) in [6.45, 7) is 1.02. The zero-order valence-corrected chi connectivity index (χ0v) is 10.1. The van der Waals surface area contributed by atoms with E-state index < -0.39 is 0 Å². The molecule has 96 valence electrons. The molecule has 0 saturated carbocycles. The second-order valence-electron chi connectivity index (χ2n) is 4.03. The summed E-state index contributed by atoms with van der Waals surface area (Å²) in [5.41, 5.74) is 6.53. The van der Waals surface area contributed by atoms with E-state index in [0.717, 1.165) is 0 Å². The molecule has 0 radical (unpaired) electrons. The summed E-state index contributed by atoms with van der Waals surface area (Å²) in [6.07, 6.45) is 0. The van der Waals surface area contributed by atoms with Crippen LogP contribution in [0, 0.1) is 0 Å². The molecule has 1 aromatic rings. The molecular weight excluding hydrogens is 234 g/mol. The van der Waals surface area contributed by atoms with Gasteiger partial charge in [-0.25, -0.2) is 0 Å². The lowest BCUT2D eigenvalue weighted by molar-refractivity contribution is -0.123. The van der Waals surface area contributed by atoms with Crippen molar-refractivity contribution in [3.05, 3.63) is 23.8 Å². The molecule has 1 aliphatic rings. The van der Waals surface area contributed by atoms with Gasteiger partial charge < -0.3 is 20.7 Å². The number of benzene rings is 1. The summed E-state index contributed by atoms with van der Waals surface area (Å²) in [4.78, 5) is 25.0. The minimum atomic E-state index is -0.249. The van der Waals surface area contributed by atoms with Crippen LogP contribution < -0.4 is 15.8 Å². The largest absolute Gasteiger partial charge is 0.497 e. The SMILES string of the molecule is COc1ccc(N)c(C(=O)N2CCNC(=O)C2)c1. The summed E-state index contributed by atoms with van der Waals surface area (Å²) >= 11 is 0. The summed E-state index contributed by atoms with van der Waals surface area (Å²) in [5.74, 6) is 0.159. The molecule has 0 bridgehead atoms. The molecule has 1 saturated heterocycles. The smallest absolute Gasteiger partial charge is 0.256 e. The first-order chi connectivity index (χ1) is 8.61. The molecule has 2 amide bonds. The molecule has 1 aromatic carbocycles. The van der Waals surface area contributed by atoms with Gasteiger partial charge in [-0.3, -0.25) is 9.59 Å². The van der Waals surface area contributed by atoms with Crippen LogP contribution >= 0.6 is 0 Å². The molecule has 0 aromatic heterocycles. The monoisotopic (exact) mass is 249 g/mol. The summed E-state index contributed by atoms with van der Waals surface area (Å²) in [7, 11) is 1.52. The predicted molar refractivity (Wildman–Crippen MR) is 66.3 cm³/mol. The Balaban J connectivity index is 2.24. The Hall–Kier alpha value is -2.24. The summed E-state index contributed by atoms with van der Waals surface area (Å²) in [5, 5.41) is 2.67. The number of hydrogen-bond donors (Lipinski definition) is 2. The number of carbonyl (C=O) groups is 2. The highest BCUT2D eigenvalue weighted by molar-refractivity contribution is 6.01. The number of nitrogens with one attached hydrogen (secondary N) is 1. The zero-order valence-electron chi connectivity index (χ0n) is 10.1. The van der Waals surface area contributed by atoms with Crippen LogP contribution in [0.2, 0.25) is 0 Å². The van der Waals surface area contributed by atoms with Crippen molar-refractivity contribution in [2.24, 2.45) is 0 Å². The van der Waals surface area contributed by atoms with Crippen molar-refractivity contribution in [1.29, 1.82) is 0 Å². The molecule has 0 unspecified atom stereocenters. The first-order valence-corrected chi connectivity index (χ1v) is 5.61. The minimum absolute atomic E-state index is 0.0650. The van der Waals surface area contributed by atoms with Crippen LogP contribution in [0.15, 0.2) is 18.2 Å². The quantitative estimate of drug-likeness (QED) is 0.714. The molecule has 1 aliphatic heterocycles. The van der Waals surface area contributed by atoms with Gasteiger partial charge in [-0.2, -0.15) is 0 Å². The van der Waals surface area contributed by atoms with E-state index in [9.17, 15) is 9.59 Å². The number of methoxy groups -OCH3 is 1. The van der Waals surface area contributed by atoms with Gasteiger partial charge in [0.25, 0.3) is 5.91 Å². The second kappa shape index (κ2) is 4.95. The van der Waals surface area contributed by atoms with Crippen LogP contribution in [-0.4, -0.2) is 43.5 Å². The van der Waals surface area contributed by atoms with E-state index in [4.69, 9.17) is 10.5 Å². The maximum atomic E-state index is 12.2. The van der Waals surface area contributed by atoms with Crippen molar-refractivity contribution in [2.75, 3.05) is 32.5 Å². The standard InChI is InChI=1S/C12H15N3O3/c1-18-8-2-3-10(13)9(6-8)12(17)15-5-4-14-11(16)7-15/h2-3,6H,4-5,7,13H2,1H3,(H,14,16). The maximum Gasteiger partial charge on any atom is 0.256 e. The Morgan fingerprint density at radius 2 is 2.28 bits per heavy atom. The molecule has 6 heteroatoms. The van der Waals surface area contributed by atoms with E-state index in [1.165, 1.54) is 12.0 Å². The molecule has 2 rings (SSSR count). The van der Waals surface area contributed by atoms with E-state index in [0.29, 0.717) is 30.1 Å². The molecular formula is C12H15N3O3. The third-order valence-corrected chi connectivity index (χ3v) is 2.82. The Labute approximate surface area is 105 Å². The Kier molecular flexibility index (Phi) is 3.36. The third-order valence-electron chi connectivity index (χ3n) is 2.82. The van der Waals surface area contributed by atoms with E-state index in [-0.39, 0.29) is 18.4 Å². The topological polar surface area (TPSA) is 84.7 Å². The van der Waals surface area contributed by atoms with Crippen LogP contribution in [0.5, 0.6) is 5.75 Å². The Morgan fingerprint density at radius 3 is 2.94 bits per heavy atom. The highest BCUT2D eigenvalue weighted by atomic mass is 16.5. The normalized spacial score (nSPS) is 15.2. The van der Waals surface area contributed by atoms with Crippen LogP contribution in [0.3, 0.4) is 0 Å². The van der Waals surface area contributed by atoms with Crippen molar-refractivity contribution < 1.29 is 14.3 Å². The molecule has 0 atom stereocenters. The number of carbonyl (C=O) groups excluding carboxylic acids is 2. The van der Waals surface area contributed by atoms with Gasteiger partial charge in [0.1, 0.15) is 5.75 Å². The number of anilines is 1. The van der Waals surface area contributed by atoms with E-state index in [1.54, 1.807) is 18.2 Å². The highest BCUT2D eigenvalue weighted by Gasteiger charge is 2.23. The predicted octanol–water partition coefficient (Wildman–Crippen LogP) is -0.151. The molecule has 18 heavy (non-hydrogen) atoms. The Morgan fingerprint density at radius 1 is 1.50 bits per heavy atom. The van der Waals surface area contributed by atoms with E-state index in [1.807, 2.05) is 0 Å². The second-order valence-corrected chi connectivity index (χ2v) is 4.03. The summed E-state index contributed by atoms with van der Waals surface area (Å²) in [6, 6.07) is 4.90. The van der Waals surface area contributed by atoms with Crippen LogP contribution in [0.1, 0.15) is 10.4 Å². The number of piperazine rings is 1. The van der Waals surface area contributed by atoms with Gasteiger partial charge in [-0.1, -0.05) is 0 Å². The number of nitrogens with zero attached hydrogens (tertiary/aromatic N) is 1. The zero-order chi connectivity index (χ0) is 13.1. The average molecular weight is 249 g/mol. The van der Waals surface area contributed by atoms with Crippen molar-refractivity contribution >= 4 is 17.5 Å². The van der Waals surface area contributed by atoms with Gasteiger partial charge in [0, 0.05) is 18.8 Å². The van der Waals surface area contributed by atoms with Crippen LogP contribution in [0.25, 0.3) is 0 Å². The third kappa shape index (κ3) is 2.37. The molecule has 1 fully saturated rings. The fraction of sp³-hybridized carbons (Fsp3) is 0.333. The number of amides is 2. The lowest BCUT2D eigenvalue weighted by Gasteiger charge is -2.27. The molecule has 6 nitrogen and oxygen atoms in total. The van der Waals surface area contributed by atoms with E-state index >= 15 is 0 Å². The van der Waals surface area contributed by atoms with Crippen molar-refractivity contribution in [3.63, 3.8) is 0 Å². The van der Waals surface area contributed by atoms with Gasteiger partial charge in [-0.15, -0.1) is 0 Å². The van der Waals surface area contributed by atoms with Crippen LogP contribution in [-0.2, 0) is 4.79 Å². The first kappa shape index (κ1) is 12.2. The molecule has 0 spiro atoms. The fourth-order valence-electron chi connectivity index (χ4n) is 1.83. The molecule has 3 N–H and O–H groups in total. The number of rotatable bonds is 2.